The number of Topliss-reactive ketones (excluding diaryl/α,β-unsaturated/α-hetero) is 1. The fourth-order valence-electron chi connectivity index (χ4n) is 3.99. The number of hydrogen-bond acceptors (Lipinski definition) is 6. The van der Waals surface area contributed by atoms with Crippen molar-refractivity contribution in [2.75, 3.05) is 7.11 Å². The number of ether oxygens (including phenoxy) is 1. The highest BCUT2D eigenvalue weighted by atomic mass is 35.5. The Kier molecular flexibility index (Phi) is 5.92. The normalized spacial score (nSPS) is 11.2. The van der Waals surface area contributed by atoms with E-state index in [-0.39, 0.29) is 22.8 Å². The molecule has 0 bridgehead atoms. The number of carbonyl (C=O) groups excluding carboxylic acids is 1. The van der Waals surface area contributed by atoms with E-state index in [1.165, 1.54) is 47.3 Å². The monoisotopic (exact) mass is 508 g/mol. The first-order valence-electron chi connectivity index (χ1n) is 10.5. The predicted molar refractivity (Wildman–Crippen MR) is 134 cm³/mol. The minimum absolute atomic E-state index is 0.0963. The number of halogens is 2. The van der Waals surface area contributed by atoms with Crippen LogP contribution in [0.25, 0.3) is 26.6 Å². The molecule has 2 N–H and O–H groups in total. The molecule has 0 saturated heterocycles. The number of thiazole rings is 1. The summed E-state index contributed by atoms with van der Waals surface area (Å²) in [5.41, 5.74) is 1.63. The summed E-state index contributed by atoms with van der Waals surface area (Å²) in [6, 6.07) is 17.8. The Morgan fingerprint density at radius 3 is 2.54 bits per heavy atom. The molecule has 0 amide bonds. The van der Waals surface area contributed by atoms with Crippen LogP contribution in [-0.4, -0.2) is 32.7 Å². The number of nitrogens with zero attached hydrogens (tertiary/aromatic N) is 2. The molecule has 0 aliphatic heterocycles. The molecule has 2 aromatic heterocycles. The number of hydrogen-bond donors (Lipinski definition) is 2. The minimum Gasteiger partial charge on any atom is -0.503 e. The summed E-state index contributed by atoms with van der Waals surface area (Å²) >= 11 is 7.52. The Morgan fingerprint density at radius 2 is 1.83 bits per heavy atom. The predicted octanol–water partition coefficient (Wildman–Crippen LogP) is 6.39. The van der Waals surface area contributed by atoms with E-state index in [9.17, 15) is 19.4 Å². The minimum atomic E-state index is -0.588. The molecule has 0 aliphatic carbocycles. The number of ketones is 1. The lowest BCUT2D eigenvalue weighted by molar-refractivity contribution is 0.0990. The largest absolute Gasteiger partial charge is 0.503 e. The molecule has 0 saturated carbocycles. The number of rotatable bonds is 6. The van der Waals surface area contributed by atoms with Crippen LogP contribution in [0.5, 0.6) is 17.4 Å². The Morgan fingerprint density at radius 1 is 1.09 bits per heavy atom. The van der Waals surface area contributed by atoms with Gasteiger partial charge in [-0.3, -0.25) is 9.36 Å². The smallest absolute Gasteiger partial charge is 0.242 e. The highest BCUT2D eigenvalue weighted by Gasteiger charge is 2.31. The Hall–Kier alpha value is -3.88. The molecule has 6 nitrogen and oxygen atoms in total. The van der Waals surface area contributed by atoms with Crippen molar-refractivity contribution in [1.82, 2.24) is 9.55 Å². The second-order valence-electron chi connectivity index (χ2n) is 7.73. The topological polar surface area (TPSA) is 84.6 Å². The molecule has 176 valence electrons. The Labute approximate surface area is 208 Å². The van der Waals surface area contributed by atoms with E-state index in [1.807, 2.05) is 6.07 Å². The highest BCUT2D eigenvalue weighted by molar-refractivity contribution is 7.21. The maximum Gasteiger partial charge on any atom is 0.242 e. The summed E-state index contributed by atoms with van der Waals surface area (Å²) in [5, 5.41) is 22.6. The molecule has 5 rings (SSSR count). The zero-order valence-electron chi connectivity index (χ0n) is 18.3. The number of methoxy groups -OCH3 is 1. The number of para-hydroxylation sites is 2. The summed E-state index contributed by atoms with van der Waals surface area (Å²) in [6.45, 7) is 0. The first kappa shape index (κ1) is 22.9. The van der Waals surface area contributed by atoms with Gasteiger partial charge in [0.15, 0.2) is 16.7 Å². The van der Waals surface area contributed by atoms with Gasteiger partial charge in [0.05, 0.1) is 28.1 Å². The van der Waals surface area contributed by atoms with E-state index < -0.39 is 23.2 Å². The molecule has 0 spiro atoms. The zero-order valence-corrected chi connectivity index (χ0v) is 19.9. The van der Waals surface area contributed by atoms with Gasteiger partial charge in [-0.2, -0.15) is 0 Å². The molecule has 0 radical (unpaired) electrons. The van der Waals surface area contributed by atoms with Gasteiger partial charge in [-0.15, -0.1) is 0 Å². The molecule has 35 heavy (non-hydrogen) atoms. The van der Waals surface area contributed by atoms with Crippen LogP contribution in [0.3, 0.4) is 0 Å². The second kappa shape index (κ2) is 9.05. The summed E-state index contributed by atoms with van der Waals surface area (Å²) in [5.74, 6) is -1.54. The van der Waals surface area contributed by atoms with E-state index in [1.54, 1.807) is 36.4 Å². The van der Waals surface area contributed by atoms with Crippen LogP contribution in [-0.2, 0) is 6.42 Å². The standard InChI is InChI=1S/C26H18ClFN2O4S/c1-34-19-7-3-2-5-15(19)13-18(31)21-23(14-9-11-16(28)12-10-14)30(25(33)24(21)32)26-29-22-17(27)6-4-8-20(22)35-26/h2-12,32-33H,13H2,1H3. The van der Waals surface area contributed by atoms with Crippen molar-refractivity contribution < 1.29 is 24.1 Å². The first-order chi connectivity index (χ1) is 16.9. The lowest BCUT2D eigenvalue weighted by Gasteiger charge is -2.11. The van der Waals surface area contributed by atoms with Crippen LogP contribution in [0.15, 0.2) is 66.7 Å². The molecule has 9 heteroatoms. The van der Waals surface area contributed by atoms with Crippen molar-refractivity contribution >= 4 is 38.9 Å². The van der Waals surface area contributed by atoms with E-state index in [2.05, 4.69) is 4.98 Å². The van der Waals surface area contributed by atoms with Crippen molar-refractivity contribution in [1.29, 1.82) is 0 Å². The third kappa shape index (κ3) is 4.00. The van der Waals surface area contributed by atoms with E-state index in [0.717, 1.165) is 4.70 Å². The maximum absolute atomic E-state index is 13.7. The molecule has 0 atom stereocenters. The number of fused-ring (bicyclic) bond motifs is 1. The van der Waals surface area contributed by atoms with Gasteiger partial charge in [-0.25, -0.2) is 9.37 Å². The van der Waals surface area contributed by atoms with Crippen molar-refractivity contribution in [3.05, 3.63) is 88.7 Å². The maximum atomic E-state index is 13.7. The van der Waals surface area contributed by atoms with Crippen LogP contribution in [0, 0.1) is 5.82 Å². The van der Waals surface area contributed by atoms with Crippen molar-refractivity contribution in [3.8, 4) is 33.8 Å². The molecule has 2 heterocycles. The fraction of sp³-hybridized carbons (Fsp3) is 0.0769. The van der Waals surface area contributed by atoms with Gasteiger partial charge in [0.1, 0.15) is 17.1 Å². The van der Waals surface area contributed by atoms with Gasteiger partial charge in [-0.05, 0) is 48.0 Å². The van der Waals surface area contributed by atoms with E-state index in [0.29, 0.717) is 27.4 Å². The summed E-state index contributed by atoms with van der Waals surface area (Å²) in [4.78, 5) is 18.1. The Balaban J connectivity index is 1.73. The summed E-state index contributed by atoms with van der Waals surface area (Å²) in [7, 11) is 1.51. The number of benzene rings is 3. The van der Waals surface area contributed by atoms with Crippen LogP contribution in [0.1, 0.15) is 15.9 Å². The van der Waals surface area contributed by atoms with Crippen LogP contribution in [0.4, 0.5) is 4.39 Å². The number of aromatic hydroxyl groups is 2. The van der Waals surface area contributed by atoms with E-state index in [4.69, 9.17) is 16.3 Å². The lowest BCUT2D eigenvalue weighted by Crippen LogP contribution is -2.07. The third-order valence-electron chi connectivity index (χ3n) is 5.61. The van der Waals surface area contributed by atoms with Crippen LogP contribution >= 0.6 is 22.9 Å². The zero-order chi connectivity index (χ0) is 24.7. The van der Waals surface area contributed by atoms with Crippen molar-refractivity contribution in [2.45, 2.75) is 6.42 Å². The van der Waals surface area contributed by atoms with Gasteiger partial charge < -0.3 is 14.9 Å². The molecule has 0 aliphatic rings. The molecule has 5 aromatic rings. The Bertz CT molecular complexity index is 1580. The molecule has 3 aromatic carbocycles. The van der Waals surface area contributed by atoms with Crippen LogP contribution in [0.2, 0.25) is 5.02 Å². The molecular weight excluding hydrogens is 491 g/mol. The van der Waals surface area contributed by atoms with Gasteiger partial charge in [0.2, 0.25) is 5.88 Å². The molecule has 0 unspecified atom stereocenters. The van der Waals surface area contributed by atoms with Crippen LogP contribution < -0.4 is 4.74 Å². The van der Waals surface area contributed by atoms with Crippen molar-refractivity contribution in [2.24, 2.45) is 0 Å². The molecular formula is C26H18ClFN2O4S. The average molecular weight is 509 g/mol. The summed E-state index contributed by atoms with van der Waals surface area (Å²) < 4.78 is 21.1. The van der Waals surface area contributed by atoms with Crippen molar-refractivity contribution in [3.63, 3.8) is 0 Å². The summed E-state index contributed by atoms with van der Waals surface area (Å²) in [6.07, 6.45) is -0.0963. The average Bonchev–Trinajstić information content (AvgIpc) is 3.39. The SMILES string of the molecule is COc1ccccc1CC(=O)c1c(O)c(O)n(-c2nc3c(Cl)cccc3s2)c1-c1ccc(F)cc1. The first-order valence-corrected chi connectivity index (χ1v) is 11.7. The highest BCUT2D eigenvalue weighted by Crippen LogP contribution is 2.45. The third-order valence-corrected chi connectivity index (χ3v) is 6.92. The lowest BCUT2D eigenvalue weighted by atomic mass is 9.99. The molecule has 0 fully saturated rings. The van der Waals surface area contributed by atoms with Gasteiger partial charge in [0, 0.05) is 12.0 Å². The van der Waals surface area contributed by atoms with Gasteiger partial charge >= 0.3 is 0 Å². The fourth-order valence-corrected chi connectivity index (χ4v) is 5.26. The van der Waals surface area contributed by atoms with Gasteiger partial charge in [-0.1, -0.05) is 47.2 Å². The number of carbonyl (C=O) groups is 1. The van der Waals surface area contributed by atoms with Gasteiger partial charge in [0.25, 0.3) is 0 Å². The second-order valence-corrected chi connectivity index (χ2v) is 9.15. The number of aromatic nitrogens is 2. The quantitative estimate of drug-likeness (QED) is 0.259. The van der Waals surface area contributed by atoms with E-state index >= 15 is 0 Å².